The van der Waals surface area contributed by atoms with Crippen molar-refractivity contribution in [3.8, 4) is 0 Å². The molecule has 0 aliphatic heterocycles. The molecule has 0 spiro atoms. The molecule has 0 fully saturated rings. The maximum absolute atomic E-state index is 11.7. The van der Waals surface area contributed by atoms with Crippen LogP contribution in [0.1, 0.15) is 37.6 Å². The number of hydrogen-bond donors (Lipinski definition) is 1. The highest BCUT2D eigenvalue weighted by Gasteiger charge is 2.44. The van der Waals surface area contributed by atoms with E-state index in [1.165, 1.54) is 5.56 Å². The van der Waals surface area contributed by atoms with Crippen LogP contribution in [0.2, 0.25) is 0 Å². The standard InChI is InChI=1S/C21H23NO/c1-15-10-11-16-12-13-19(22-18(16)14-15)21(23,20(2,3)4)17-8-6-5-7-9-17/h5-14,23H,1-4H3. The van der Waals surface area contributed by atoms with Gasteiger partial charge in [0, 0.05) is 10.8 Å². The van der Waals surface area contributed by atoms with E-state index < -0.39 is 11.0 Å². The molecule has 2 aromatic carbocycles. The SMILES string of the molecule is Cc1ccc2ccc(C(O)(c3ccccc3)C(C)(C)C)nc2c1. The van der Waals surface area contributed by atoms with Crippen LogP contribution in [0.25, 0.3) is 10.9 Å². The molecule has 0 saturated heterocycles. The predicted octanol–water partition coefficient (Wildman–Crippen LogP) is 4.83. The van der Waals surface area contributed by atoms with Gasteiger partial charge in [-0.1, -0.05) is 69.3 Å². The summed E-state index contributed by atoms with van der Waals surface area (Å²) in [6.07, 6.45) is 0. The minimum atomic E-state index is -1.15. The quantitative estimate of drug-likeness (QED) is 0.736. The normalized spacial score (nSPS) is 14.7. The Labute approximate surface area is 137 Å². The molecule has 118 valence electrons. The Morgan fingerprint density at radius 2 is 1.52 bits per heavy atom. The maximum atomic E-state index is 11.7. The van der Waals surface area contributed by atoms with Gasteiger partial charge in [-0.3, -0.25) is 0 Å². The first-order valence-corrected chi connectivity index (χ1v) is 7.98. The maximum Gasteiger partial charge on any atom is 0.136 e. The van der Waals surface area contributed by atoms with Crippen molar-refractivity contribution in [3.05, 3.63) is 77.5 Å². The fourth-order valence-corrected chi connectivity index (χ4v) is 3.07. The van der Waals surface area contributed by atoms with E-state index in [9.17, 15) is 5.11 Å². The lowest BCUT2D eigenvalue weighted by Crippen LogP contribution is -2.41. The lowest BCUT2D eigenvalue weighted by molar-refractivity contribution is -0.0293. The summed E-state index contributed by atoms with van der Waals surface area (Å²) in [5.41, 5.74) is 2.11. The van der Waals surface area contributed by atoms with E-state index in [1.807, 2.05) is 63.2 Å². The summed E-state index contributed by atoms with van der Waals surface area (Å²) in [7, 11) is 0. The molecule has 2 nitrogen and oxygen atoms in total. The smallest absolute Gasteiger partial charge is 0.136 e. The largest absolute Gasteiger partial charge is 0.378 e. The fourth-order valence-electron chi connectivity index (χ4n) is 3.07. The average molecular weight is 305 g/mol. The molecule has 0 aliphatic rings. The van der Waals surface area contributed by atoms with Crippen molar-refractivity contribution < 1.29 is 5.11 Å². The molecule has 1 N–H and O–H groups in total. The van der Waals surface area contributed by atoms with E-state index in [0.29, 0.717) is 5.69 Å². The highest BCUT2D eigenvalue weighted by Crippen LogP contribution is 2.44. The van der Waals surface area contributed by atoms with Crippen LogP contribution in [0, 0.1) is 12.3 Å². The van der Waals surface area contributed by atoms with Crippen molar-refractivity contribution in [1.29, 1.82) is 0 Å². The fraction of sp³-hybridized carbons (Fsp3) is 0.286. The van der Waals surface area contributed by atoms with Gasteiger partial charge in [0.15, 0.2) is 0 Å². The summed E-state index contributed by atoms with van der Waals surface area (Å²) in [6, 6.07) is 20.0. The third-order valence-electron chi connectivity index (χ3n) is 4.50. The second-order valence-corrected chi connectivity index (χ2v) is 7.22. The van der Waals surface area contributed by atoms with E-state index in [4.69, 9.17) is 4.98 Å². The first-order valence-electron chi connectivity index (χ1n) is 7.98. The van der Waals surface area contributed by atoms with Crippen LogP contribution in [-0.4, -0.2) is 10.1 Å². The zero-order valence-corrected chi connectivity index (χ0v) is 14.2. The highest BCUT2D eigenvalue weighted by molar-refractivity contribution is 5.79. The van der Waals surface area contributed by atoms with E-state index in [0.717, 1.165) is 16.5 Å². The number of aryl methyl sites for hydroxylation is 1. The number of hydrogen-bond acceptors (Lipinski definition) is 2. The van der Waals surface area contributed by atoms with Gasteiger partial charge in [0.2, 0.25) is 0 Å². The van der Waals surface area contributed by atoms with Crippen molar-refractivity contribution in [3.63, 3.8) is 0 Å². The molecule has 1 heterocycles. The first-order chi connectivity index (χ1) is 10.8. The van der Waals surface area contributed by atoms with Crippen LogP contribution in [-0.2, 0) is 5.60 Å². The van der Waals surface area contributed by atoms with Gasteiger partial charge in [0.05, 0.1) is 11.2 Å². The lowest BCUT2D eigenvalue weighted by Gasteiger charge is -2.40. The molecule has 3 rings (SSSR count). The molecule has 1 atom stereocenters. The molecule has 0 saturated carbocycles. The molecule has 23 heavy (non-hydrogen) atoms. The van der Waals surface area contributed by atoms with Crippen molar-refractivity contribution in [1.82, 2.24) is 4.98 Å². The van der Waals surface area contributed by atoms with Gasteiger partial charge in [0.1, 0.15) is 5.60 Å². The molecule has 1 unspecified atom stereocenters. The minimum Gasteiger partial charge on any atom is -0.378 e. The Morgan fingerprint density at radius 1 is 0.870 bits per heavy atom. The van der Waals surface area contributed by atoms with E-state index in [-0.39, 0.29) is 0 Å². The van der Waals surface area contributed by atoms with E-state index in [2.05, 4.69) is 25.1 Å². The summed E-state index contributed by atoms with van der Waals surface area (Å²) >= 11 is 0. The zero-order chi connectivity index (χ0) is 16.7. The van der Waals surface area contributed by atoms with Gasteiger partial charge >= 0.3 is 0 Å². The van der Waals surface area contributed by atoms with Gasteiger partial charge in [-0.15, -0.1) is 0 Å². The van der Waals surface area contributed by atoms with Crippen LogP contribution in [0.5, 0.6) is 0 Å². The number of pyridine rings is 1. The number of nitrogens with zero attached hydrogens (tertiary/aromatic N) is 1. The van der Waals surface area contributed by atoms with Gasteiger partial charge in [-0.2, -0.15) is 0 Å². The van der Waals surface area contributed by atoms with Crippen LogP contribution in [0.15, 0.2) is 60.7 Å². The number of rotatable bonds is 2. The molecular formula is C21H23NO. The van der Waals surface area contributed by atoms with Gasteiger partial charge in [-0.25, -0.2) is 4.98 Å². The van der Waals surface area contributed by atoms with Crippen LogP contribution in [0.4, 0.5) is 0 Å². The summed E-state index contributed by atoms with van der Waals surface area (Å²) in [5, 5.41) is 12.7. The summed E-state index contributed by atoms with van der Waals surface area (Å²) in [5.74, 6) is 0. The first kappa shape index (κ1) is 15.7. The van der Waals surface area contributed by atoms with Gasteiger partial charge < -0.3 is 5.11 Å². The third-order valence-corrected chi connectivity index (χ3v) is 4.50. The molecule has 0 aliphatic carbocycles. The molecule has 3 aromatic rings. The highest BCUT2D eigenvalue weighted by atomic mass is 16.3. The minimum absolute atomic E-state index is 0.390. The van der Waals surface area contributed by atoms with Crippen molar-refractivity contribution in [2.45, 2.75) is 33.3 Å². The summed E-state index contributed by atoms with van der Waals surface area (Å²) < 4.78 is 0. The van der Waals surface area contributed by atoms with Crippen molar-refractivity contribution in [2.24, 2.45) is 5.41 Å². The number of benzene rings is 2. The molecule has 0 bridgehead atoms. The Bertz CT molecular complexity index is 833. The Hall–Kier alpha value is -2.19. The second kappa shape index (κ2) is 5.47. The third kappa shape index (κ3) is 2.64. The van der Waals surface area contributed by atoms with Crippen LogP contribution in [0.3, 0.4) is 0 Å². The predicted molar refractivity (Wildman–Crippen MR) is 95.4 cm³/mol. The number of fused-ring (bicyclic) bond motifs is 1. The van der Waals surface area contributed by atoms with Gasteiger partial charge in [0.25, 0.3) is 0 Å². The molecule has 0 amide bonds. The van der Waals surface area contributed by atoms with Crippen LogP contribution >= 0.6 is 0 Å². The molecule has 1 aromatic heterocycles. The Kier molecular flexibility index (Phi) is 3.73. The zero-order valence-electron chi connectivity index (χ0n) is 14.2. The molecule has 2 heteroatoms. The van der Waals surface area contributed by atoms with E-state index >= 15 is 0 Å². The van der Waals surface area contributed by atoms with Crippen molar-refractivity contribution >= 4 is 10.9 Å². The summed E-state index contributed by atoms with van der Waals surface area (Å²) in [4.78, 5) is 4.80. The average Bonchev–Trinajstić information content (AvgIpc) is 2.53. The monoisotopic (exact) mass is 305 g/mol. The van der Waals surface area contributed by atoms with Gasteiger partial charge in [-0.05, 0) is 30.2 Å². The lowest BCUT2D eigenvalue weighted by atomic mass is 9.70. The van der Waals surface area contributed by atoms with E-state index in [1.54, 1.807) is 0 Å². The topological polar surface area (TPSA) is 33.1 Å². The van der Waals surface area contributed by atoms with Crippen molar-refractivity contribution in [2.75, 3.05) is 0 Å². The molecule has 0 radical (unpaired) electrons. The molecular weight excluding hydrogens is 282 g/mol. The Morgan fingerprint density at radius 3 is 2.17 bits per heavy atom. The number of aliphatic hydroxyl groups is 1. The Balaban J connectivity index is 2.26. The summed E-state index contributed by atoms with van der Waals surface area (Å²) in [6.45, 7) is 8.19. The van der Waals surface area contributed by atoms with Crippen LogP contribution < -0.4 is 0 Å². The number of aromatic nitrogens is 1. The second-order valence-electron chi connectivity index (χ2n) is 7.22.